The van der Waals surface area contributed by atoms with Crippen molar-refractivity contribution in [2.24, 2.45) is 0 Å². The van der Waals surface area contributed by atoms with Crippen LogP contribution in [0.1, 0.15) is 19.6 Å². The van der Waals surface area contributed by atoms with Crippen molar-refractivity contribution in [3.05, 3.63) is 59.9 Å². The smallest absolute Gasteiger partial charge is 0.286 e. The summed E-state index contributed by atoms with van der Waals surface area (Å²) >= 11 is 1.05. The highest BCUT2D eigenvalue weighted by Gasteiger charge is 2.31. The molecule has 26 heavy (non-hydrogen) atoms. The number of carbonyl (C=O) groups excluding carboxylic acids is 2. The van der Waals surface area contributed by atoms with Gasteiger partial charge < -0.3 is 4.74 Å². The first-order chi connectivity index (χ1) is 12.6. The molecule has 0 aliphatic carbocycles. The summed E-state index contributed by atoms with van der Waals surface area (Å²) in [5.41, 5.74) is 2.00. The Labute approximate surface area is 159 Å². The molecular formula is C20H22N2O3S. The molecule has 0 bridgehead atoms. The van der Waals surface area contributed by atoms with Crippen LogP contribution in [-0.4, -0.2) is 28.0 Å². The summed E-state index contributed by atoms with van der Waals surface area (Å²) < 4.78 is 5.69. The van der Waals surface area contributed by atoms with Crippen LogP contribution in [0.25, 0.3) is 0 Å². The third-order valence-corrected chi connectivity index (χ3v) is 4.45. The number of imide groups is 1. The van der Waals surface area contributed by atoms with Crippen molar-refractivity contribution in [1.29, 1.82) is 0 Å². The maximum absolute atomic E-state index is 11.5. The Morgan fingerprint density at radius 3 is 2.58 bits per heavy atom. The fourth-order valence-electron chi connectivity index (χ4n) is 2.28. The zero-order valence-electron chi connectivity index (χ0n) is 14.5. The van der Waals surface area contributed by atoms with Gasteiger partial charge in [-0.1, -0.05) is 30.0 Å². The molecule has 1 unspecified atom stereocenters. The van der Waals surface area contributed by atoms with Crippen molar-refractivity contribution in [2.75, 3.05) is 6.61 Å². The molecular weight excluding hydrogens is 348 g/mol. The third kappa shape index (κ3) is 6.26. The maximum atomic E-state index is 11.5. The van der Waals surface area contributed by atoms with Gasteiger partial charge in [-0.25, -0.2) is 0 Å². The van der Waals surface area contributed by atoms with Gasteiger partial charge in [-0.15, -0.1) is 12.3 Å². The predicted octanol–water partition coefficient (Wildman–Crippen LogP) is 3.48. The number of hydrogen-bond acceptors (Lipinski definition) is 5. The van der Waals surface area contributed by atoms with E-state index in [1.165, 1.54) is 0 Å². The third-order valence-electron chi connectivity index (χ3n) is 3.46. The van der Waals surface area contributed by atoms with E-state index in [0.717, 1.165) is 35.2 Å². The van der Waals surface area contributed by atoms with Crippen molar-refractivity contribution >= 4 is 22.9 Å². The molecule has 6 heteroatoms. The van der Waals surface area contributed by atoms with Crippen molar-refractivity contribution in [2.45, 2.75) is 25.0 Å². The first kappa shape index (κ1) is 19.5. The number of nitrogens with zero attached hydrogens (tertiary/aromatic N) is 1. The van der Waals surface area contributed by atoms with E-state index in [1.54, 1.807) is 13.1 Å². The molecule has 2 amide bonds. The number of ether oxygens (including phenoxy) is 1. The lowest BCUT2D eigenvalue weighted by Crippen LogP contribution is -2.25. The molecule has 5 nitrogen and oxygen atoms in total. The zero-order valence-corrected chi connectivity index (χ0v) is 15.3. The Balaban J connectivity index is 0.000000855. The second kappa shape index (κ2) is 10.3. The van der Waals surface area contributed by atoms with Gasteiger partial charge in [0.15, 0.2) is 0 Å². The van der Waals surface area contributed by atoms with Gasteiger partial charge in [-0.2, -0.15) is 0 Å². The van der Waals surface area contributed by atoms with E-state index in [2.05, 4.69) is 22.6 Å². The molecule has 1 aromatic carbocycles. The van der Waals surface area contributed by atoms with Crippen molar-refractivity contribution in [1.82, 2.24) is 10.3 Å². The van der Waals surface area contributed by atoms with Crippen LogP contribution in [0.4, 0.5) is 4.79 Å². The van der Waals surface area contributed by atoms with E-state index in [-0.39, 0.29) is 17.8 Å². The summed E-state index contributed by atoms with van der Waals surface area (Å²) in [6.45, 7) is 2.21. The minimum atomic E-state index is -0.335. The Bertz CT molecular complexity index is 776. The summed E-state index contributed by atoms with van der Waals surface area (Å²) in [6.07, 6.45) is 7.66. The van der Waals surface area contributed by atoms with Gasteiger partial charge in [-0.05, 0) is 43.2 Å². The van der Waals surface area contributed by atoms with Crippen LogP contribution in [0.5, 0.6) is 5.75 Å². The lowest BCUT2D eigenvalue weighted by Gasteiger charge is -2.08. The molecule has 1 aromatic heterocycles. The molecule has 2 aromatic rings. The van der Waals surface area contributed by atoms with Gasteiger partial charge in [-0.3, -0.25) is 19.9 Å². The lowest BCUT2D eigenvalue weighted by molar-refractivity contribution is -0.118. The van der Waals surface area contributed by atoms with E-state index >= 15 is 0 Å². The first-order valence-electron chi connectivity index (χ1n) is 8.13. The molecule has 0 spiro atoms. The summed E-state index contributed by atoms with van der Waals surface area (Å²) in [4.78, 5) is 26.9. The highest BCUT2D eigenvalue weighted by Crippen LogP contribution is 2.23. The van der Waals surface area contributed by atoms with Crippen LogP contribution >= 0.6 is 11.8 Å². The monoisotopic (exact) mass is 370 g/mol. The Morgan fingerprint density at radius 2 is 2.00 bits per heavy atom. The van der Waals surface area contributed by atoms with Crippen molar-refractivity contribution in [3.63, 3.8) is 0 Å². The average molecular weight is 370 g/mol. The van der Waals surface area contributed by atoms with Crippen molar-refractivity contribution in [3.8, 4) is 18.1 Å². The van der Waals surface area contributed by atoms with Gasteiger partial charge >= 0.3 is 0 Å². The second-order valence-electron chi connectivity index (χ2n) is 5.44. The van der Waals surface area contributed by atoms with E-state index < -0.39 is 0 Å². The van der Waals surface area contributed by atoms with Crippen LogP contribution in [0, 0.1) is 12.3 Å². The lowest BCUT2D eigenvalue weighted by atomic mass is 10.1. The molecule has 1 fully saturated rings. The van der Waals surface area contributed by atoms with Crippen LogP contribution in [-0.2, 0) is 17.6 Å². The minimum Gasteiger partial charge on any atom is -0.493 e. The molecule has 3 rings (SSSR count). The number of rotatable bonds is 6. The number of hydrogen-bond donors (Lipinski definition) is 1. The molecule has 1 saturated heterocycles. The number of thioether (sulfide) groups is 1. The predicted molar refractivity (Wildman–Crippen MR) is 105 cm³/mol. The first-order valence-corrected chi connectivity index (χ1v) is 9.01. The van der Waals surface area contributed by atoms with Gasteiger partial charge in [0.1, 0.15) is 5.75 Å². The van der Waals surface area contributed by atoms with E-state index in [1.807, 2.05) is 42.5 Å². The summed E-state index contributed by atoms with van der Waals surface area (Å²) in [6, 6.07) is 13.4. The number of carbonyl (C=O) groups is 2. The van der Waals surface area contributed by atoms with Gasteiger partial charge in [0.25, 0.3) is 5.24 Å². The molecule has 136 valence electrons. The Kier molecular flexibility index (Phi) is 7.72. The highest BCUT2D eigenvalue weighted by molar-refractivity contribution is 8.15. The Morgan fingerprint density at radius 1 is 1.27 bits per heavy atom. The Hall–Kier alpha value is -2.78. The number of pyridine rings is 1. The van der Waals surface area contributed by atoms with E-state index in [4.69, 9.17) is 4.74 Å². The summed E-state index contributed by atoms with van der Waals surface area (Å²) in [5.74, 6) is 2.82. The molecule has 1 N–H and O–H groups in total. The topological polar surface area (TPSA) is 68.3 Å². The van der Waals surface area contributed by atoms with Crippen LogP contribution in [0.15, 0.2) is 48.7 Å². The van der Waals surface area contributed by atoms with Gasteiger partial charge in [0.05, 0.1) is 11.9 Å². The van der Waals surface area contributed by atoms with E-state index in [9.17, 15) is 9.59 Å². The molecule has 1 aliphatic heterocycles. The largest absolute Gasteiger partial charge is 0.493 e. The molecule has 2 heterocycles. The number of nitrogens with one attached hydrogen (secondary N) is 1. The summed E-state index contributed by atoms with van der Waals surface area (Å²) in [5, 5.41) is 1.69. The number of aromatic nitrogens is 1. The SMILES string of the molecule is C#CC.O=C1NC(=O)C(Cc2ccc(OCCc3ccccn3)cc2)S1.[HH]. The normalized spacial score (nSPS) is 15.5. The maximum Gasteiger partial charge on any atom is 0.286 e. The van der Waals surface area contributed by atoms with Gasteiger partial charge in [0.2, 0.25) is 5.91 Å². The molecule has 1 aliphatic rings. The fraction of sp³-hybridized carbons (Fsp3) is 0.250. The number of terminal acetylenes is 1. The zero-order chi connectivity index (χ0) is 18.8. The molecule has 0 radical (unpaired) electrons. The van der Waals surface area contributed by atoms with E-state index in [0.29, 0.717) is 13.0 Å². The quantitative estimate of drug-likeness (QED) is 0.789. The molecule has 0 saturated carbocycles. The second-order valence-corrected chi connectivity index (χ2v) is 6.62. The number of benzene rings is 1. The minimum absolute atomic E-state index is 0. The standard InChI is InChI=1S/C17H16N2O3S.C3H4.H2/c20-16-15(23-17(21)19-16)11-12-4-6-14(7-5-12)22-10-8-13-3-1-2-9-18-13;1-3-2;/h1-7,9,15H,8,10-11H2,(H,19,20,21);1H,2H3;1H. The van der Waals surface area contributed by atoms with Crippen LogP contribution < -0.4 is 10.1 Å². The van der Waals surface area contributed by atoms with Crippen molar-refractivity contribution < 1.29 is 15.8 Å². The number of amides is 2. The van der Waals surface area contributed by atoms with Crippen LogP contribution in [0.2, 0.25) is 0 Å². The van der Waals surface area contributed by atoms with Crippen LogP contribution in [0.3, 0.4) is 0 Å². The summed E-state index contributed by atoms with van der Waals surface area (Å²) in [7, 11) is 0. The average Bonchev–Trinajstić information content (AvgIpc) is 2.95. The highest BCUT2D eigenvalue weighted by atomic mass is 32.2. The fourth-order valence-corrected chi connectivity index (χ4v) is 3.14. The molecule has 1 atom stereocenters. The van der Waals surface area contributed by atoms with Gasteiger partial charge in [0, 0.05) is 19.7 Å².